The lowest BCUT2D eigenvalue weighted by Crippen LogP contribution is -2.23. The van der Waals surface area contributed by atoms with Crippen molar-refractivity contribution in [3.05, 3.63) is 74.4 Å². The standard InChI is InChI=1S/C26H27N3O2S2/c1-6-29-25(31)24-23(20(13-32-24)19-9-7-15(2)8-10-19)28-26(29)33-14-21(30)27-22-17(4)11-16(3)12-18(22)5/h7-13H,6,14H2,1-5H3,(H,27,30). The molecule has 2 heterocycles. The number of nitrogens with one attached hydrogen (secondary N) is 1. The van der Waals surface area contributed by atoms with Crippen LogP contribution in [0.4, 0.5) is 5.69 Å². The number of fused-ring (bicyclic) bond motifs is 1. The van der Waals surface area contributed by atoms with Crippen molar-refractivity contribution in [2.75, 3.05) is 11.1 Å². The number of thiophene rings is 1. The minimum atomic E-state index is -0.115. The molecular formula is C26H27N3O2S2. The summed E-state index contributed by atoms with van der Waals surface area (Å²) >= 11 is 2.72. The fourth-order valence-electron chi connectivity index (χ4n) is 3.99. The summed E-state index contributed by atoms with van der Waals surface area (Å²) in [7, 11) is 0. The van der Waals surface area contributed by atoms with Crippen LogP contribution in [0.2, 0.25) is 0 Å². The number of anilines is 1. The van der Waals surface area contributed by atoms with Gasteiger partial charge in [-0.2, -0.15) is 0 Å². The average molecular weight is 478 g/mol. The van der Waals surface area contributed by atoms with E-state index in [0.29, 0.717) is 21.9 Å². The van der Waals surface area contributed by atoms with Gasteiger partial charge in [0.1, 0.15) is 4.70 Å². The summed E-state index contributed by atoms with van der Waals surface area (Å²) in [6, 6.07) is 12.3. The van der Waals surface area contributed by atoms with Crippen LogP contribution in [0.25, 0.3) is 21.3 Å². The Labute approximate surface area is 201 Å². The van der Waals surface area contributed by atoms with Gasteiger partial charge >= 0.3 is 0 Å². The van der Waals surface area contributed by atoms with Crippen molar-refractivity contribution in [3.8, 4) is 11.1 Å². The lowest BCUT2D eigenvalue weighted by atomic mass is 10.1. The number of rotatable bonds is 6. The van der Waals surface area contributed by atoms with E-state index in [1.807, 2.05) is 40.0 Å². The highest BCUT2D eigenvalue weighted by molar-refractivity contribution is 7.99. The summed E-state index contributed by atoms with van der Waals surface area (Å²) in [5.74, 6) is 0.0606. The zero-order valence-corrected chi connectivity index (χ0v) is 21.1. The molecule has 0 saturated heterocycles. The Morgan fingerprint density at radius 1 is 1.06 bits per heavy atom. The minimum absolute atomic E-state index is 0.0565. The first-order valence-electron chi connectivity index (χ1n) is 10.9. The van der Waals surface area contributed by atoms with Crippen LogP contribution in [-0.4, -0.2) is 21.2 Å². The first kappa shape index (κ1) is 23.3. The maximum Gasteiger partial charge on any atom is 0.272 e. The Bertz CT molecular complexity index is 1380. The quantitative estimate of drug-likeness (QED) is 0.269. The largest absolute Gasteiger partial charge is 0.325 e. The monoisotopic (exact) mass is 477 g/mol. The van der Waals surface area contributed by atoms with E-state index in [4.69, 9.17) is 4.98 Å². The SMILES string of the molecule is CCn1c(SCC(=O)Nc2c(C)cc(C)cc2C)nc2c(-c3ccc(C)cc3)csc2c1=O. The van der Waals surface area contributed by atoms with Crippen molar-refractivity contribution in [1.29, 1.82) is 0 Å². The van der Waals surface area contributed by atoms with Crippen molar-refractivity contribution < 1.29 is 4.79 Å². The van der Waals surface area contributed by atoms with Crippen molar-refractivity contribution in [2.24, 2.45) is 0 Å². The number of carbonyl (C=O) groups excluding carboxylic acids is 1. The molecule has 1 N–H and O–H groups in total. The molecule has 0 unspecified atom stereocenters. The third-order valence-electron chi connectivity index (χ3n) is 5.60. The molecule has 2 aromatic carbocycles. The lowest BCUT2D eigenvalue weighted by Gasteiger charge is -2.14. The number of carbonyl (C=O) groups is 1. The van der Waals surface area contributed by atoms with Gasteiger partial charge in [0.25, 0.3) is 5.56 Å². The van der Waals surface area contributed by atoms with Crippen molar-refractivity contribution >= 4 is 44.9 Å². The van der Waals surface area contributed by atoms with Gasteiger partial charge in [-0.15, -0.1) is 11.3 Å². The molecule has 0 aliphatic heterocycles. The maximum atomic E-state index is 13.2. The molecule has 4 aromatic rings. The number of benzene rings is 2. The zero-order chi connectivity index (χ0) is 23.7. The van der Waals surface area contributed by atoms with Crippen LogP contribution in [-0.2, 0) is 11.3 Å². The molecule has 0 atom stereocenters. The summed E-state index contributed by atoms with van der Waals surface area (Å²) in [4.78, 5) is 30.8. The second-order valence-corrected chi connectivity index (χ2v) is 10.1. The predicted molar refractivity (Wildman–Crippen MR) is 140 cm³/mol. The van der Waals surface area contributed by atoms with Crippen LogP contribution in [0.3, 0.4) is 0 Å². The molecule has 2 aromatic heterocycles. The lowest BCUT2D eigenvalue weighted by molar-refractivity contribution is -0.113. The number of hydrogen-bond donors (Lipinski definition) is 1. The van der Waals surface area contributed by atoms with Gasteiger partial charge in [-0.25, -0.2) is 4.98 Å². The molecule has 0 radical (unpaired) electrons. The molecule has 1 amide bonds. The zero-order valence-electron chi connectivity index (χ0n) is 19.5. The summed E-state index contributed by atoms with van der Waals surface area (Å²) in [5.41, 5.74) is 7.91. The van der Waals surface area contributed by atoms with E-state index in [1.54, 1.807) is 4.57 Å². The molecule has 5 nitrogen and oxygen atoms in total. The Morgan fingerprint density at radius 3 is 2.36 bits per heavy atom. The van der Waals surface area contributed by atoms with Crippen LogP contribution >= 0.6 is 23.1 Å². The summed E-state index contributed by atoms with van der Waals surface area (Å²) in [6.07, 6.45) is 0. The molecule has 170 valence electrons. The van der Waals surface area contributed by atoms with Crippen LogP contribution in [0, 0.1) is 27.7 Å². The van der Waals surface area contributed by atoms with Gasteiger partial charge in [-0.1, -0.05) is 59.3 Å². The van der Waals surface area contributed by atoms with Gasteiger partial charge in [0.05, 0.1) is 11.3 Å². The number of amides is 1. The van der Waals surface area contributed by atoms with Crippen molar-refractivity contribution in [3.63, 3.8) is 0 Å². The molecule has 0 saturated carbocycles. The topological polar surface area (TPSA) is 64.0 Å². The summed E-state index contributed by atoms with van der Waals surface area (Å²) in [5, 5.41) is 5.59. The van der Waals surface area contributed by atoms with Gasteiger partial charge in [0, 0.05) is 23.2 Å². The maximum absolute atomic E-state index is 13.2. The number of thioether (sulfide) groups is 1. The van der Waals surface area contributed by atoms with Crippen LogP contribution < -0.4 is 10.9 Å². The van der Waals surface area contributed by atoms with E-state index in [0.717, 1.165) is 27.9 Å². The van der Waals surface area contributed by atoms with Crippen molar-refractivity contribution in [2.45, 2.75) is 46.3 Å². The van der Waals surface area contributed by atoms with E-state index in [1.165, 1.54) is 34.2 Å². The van der Waals surface area contributed by atoms with E-state index >= 15 is 0 Å². The molecular weight excluding hydrogens is 450 g/mol. The van der Waals surface area contributed by atoms with Gasteiger partial charge in [0.15, 0.2) is 5.16 Å². The second kappa shape index (κ2) is 9.53. The molecule has 0 spiro atoms. The Morgan fingerprint density at radius 2 is 1.73 bits per heavy atom. The third kappa shape index (κ3) is 4.75. The Balaban J connectivity index is 1.63. The minimum Gasteiger partial charge on any atom is -0.325 e. The Kier molecular flexibility index (Phi) is 6.72. The van der Waals surface area contributed by atoms with Gasteiger partial charge in [-0.3, -0.25) is 14.2 Å². The van der Waals surface area contributed by atoms with E-state index in [-0.39, 0.29) is 17.2 Å². The predicted octanol–water partition coefficient (Wildman–Crippen LogP) is 6.11. The normalized spacial score (nSPS) is 11.2. The first-order chi connectivity index (χ1) is 15.8. The fraction of sp³-hybridized carbons (Fsp3) is 0.269. The third-order valence-corrected chi connectivity index (χ3v) is 7.53. The smallest absolute Gasteiger partial charge is 0.272 e. The average Bonchev–Trinajstić information content (AvgIpc) is 3.19. The van der Waals surface area contributed by atoms with E-state index < -0.39 is 0 Å². The van der Waals surface area contributed by atoms with Crippen LogP contribution in [0.1, 0.15) is 29.2 Å². The van der Waals surface area contributed by atoms with E-state index in [9.17, 15) is 9.59 Å². The van der Waals surface area contributed by atoms with Gasteiger partial charge in [0.2, 0.25) is 5.91 Å². The number of aromatic nitrogens is 2. The Hall–Kier alpha value is -2.90. The molecule has 0 fully saturated rings. The highest BCUT2D eigenvalue weighted by atomic mass is 32.2. The molecule has 7 heteroatoms. The van der Waals surface area contributed by atoms with Gasteiger partial charge < -0.3 is 5.32 Å². The highest BCUT2D eigenvalue weighted by Crippen LogP contribution is 2.32. The summed E-state index contributed by atoms with van der Waals surface area (Å²) in [6.45, 7) is 10.5. The van der Waals surface area contributed by atoms with Crippen molar-refractivity contribution in [1.82, 2.24) is 9.55 Å². The molecule has 0 bridgehead atoms. The van der Waals surface area contributed by atoms with E-state index in [2.05, 4.69) is 41.7 Å². The van der Waals surface area contributed by atoms with Crippen LogP contribution in [0.5, 0.6) is 0 Å². The number of hydrogen-bond acceptors (Lipinski definition) is 5. The highest BCUT2D eigenvalue weighted by Gasteiger charge is 2.18. The first-order valence-corrected chi connectivity index (χ1v) is 12.7. The summed E-state index contributed by atoms with van der Waals surface area (Å²) < 4.78 is 2.30. The number of aryl methyl sites for hydroxylation is 4. The second-order valence-electron chi connectivity index (χ2n) is 8.25. The van der Waals surface area contributed by atoms with Crippen LogP contribution in [0.15, 0.2) is 51.7 Å². The fourth-order valence-corrected chi connectivity index (χ4v) is 5.81. The molecule has 0 aliphatic rings. The molecule has 33 heavy (non-hydrogen) atoms. The molecule has 4 rings (SSSR count). The number of nitrogens with zero attached hydrogens (tertiary/aromatic N) is 2. The van der Waals surface area contributed by atoms with Gasteiger partial charge in [-0.05, 0) is 51.3 Å². The molecule has 0 aliphatic carbocycles.